The van der Waals surface area contributed by atoms with Gasteiger partial charge in [0.25, 0.3) is 5.91 Å². The van der Waals surface area contributed by atoms with Crippen LogP contribution in [0, 0.1) is 6.92 Å². The van der Waals surface area contributed by atoms with Crippen molar-refractivity contribution in [3.63, 3.8) is 0 Å². The first kappa shape index (κ1) is 13.9. The van der Waals surface area contributed by atoms with Crippen molar-refractivity contribution in [2.24, 2.45) is 0 Å². The molecule has 19 heavy (non-hydrogen) atoms. The summed E-state index contributed by atoms with van der Waals surface area (Å²) in [7, 11) is 0. The second kappa shape index (κ2) is 6.08. The van der Waals surface area contributed by atoms with Crippen molar-refractivity contribution in [2.75, 3.05) is 11.6 Å². The number of anilines is 1. The van der Waals surface area contributed by atoms with Gasteiger partial charge < -0.3 is 5.32 Å². The first-order valence-electron chi connectivity index (χ1n) is 5.67. The number of pyridine rings is 1. The van der Waals surface area contributed by atoms with Crippen molar-refractivity contribution in [1.82, 2.24) is 4.98 Å². The van der Waals surface area contributed by atoms with Crippen LogP contribution in [-0.2, 0) is 0 Å². The van der Waals surface area contributed by atoms with E-state index in [1.54, 1.807) is 36.2 Å². The monoisotopic (exact) mass is 292 g/mol. The van der Waals surface area contributed by atoms with Gasteiger partial charge in [-0.25, -0.2) is 4.98 Å². The molecular formula is C14H13ClN2OS. The highest BCUT2D eigenvalue weighted by Gasteiger charge is 2.07. The molecule has 5 heteroatoms. The second-order valence-electron chi connectivity index (χ2n) is 4.01. The van der Waals surface area contributed by atoms with Gasteiger partial charge in [0.2, 0.25) is 0 Å². The predicted molar refractivity (Wildman–Crippen MR) is 80.2 cm³/mol. The number of carbonyl (C=O) groups excluding carboxylic acids is 1. The molecule has 0 aliphatic heterocycles. The zero-order valence-electron chi connectivity index (χ0n) is 10.6. The lowest BCUT2D eigenvalue weighted by molar-refractivity contribution is 0.102. The maximum atomic E-state index is 12.0. The van der Waals surface area contributed by atoms with Gasteiger partial charge >= 0.3 is 0 Å². The molecule has 1 amide bonds. The van der Waals surface area contributed by atoms with Crippen molar-refractivity contribution >= 4 is 35.0 Å². The highest BCUT2D eigenvalue weighted by molar-refractivity contribution is 7.98. The zero-order valence-corrected chi connectivity index (χ0v) is 12.2. The lowest BCUT2D eigenvalue weighted by Crippen LogP contribution is -2.12. The molecule has 0 saturated heterocycles. The van der Waals surface area contributed by atoms with E-state index in [1.807, 2.05) is 25.3 Å². The van der Waals surface area contributed by atoms with Crippen molar-refractivity contribution in [3.05, 3.63) is 52.8 Å². The maximum absolute atomic E-state index is 12.0. The van der Waals surface area contributed by atoms with E-state index in [0.29, 0.717) is 16.4 Å². The first-order chi connectivity index (χ1) is 9.10. The number of nitrogens with zero attached hydrogens (tertiary/aromatic N) is 1. The third-order valence-electron chi connectivity index (χ3n) is 2.62. The molecule has 0 aliphatic carbocycles. The van der Waals surface area contributed by atoms with Crippen LogP contribution in [0.1, 0.15) is 15.9 Å². The SMILES string of the molecule is CSc1ccc(C(=O)Nc2cnc(Cl)c(C)c2)cc1. The van der Waals surface area contributed by atoms with E-state index in [9.17, 15) is 4.79 Å². The average Bonchev–Trinajstić information content (AvgIpc) is 2.43. The van der Waals surface area contributed by atoms with E-state index in [1.165, 1.54) is 0 Å². The van der Waals surface area contributed by atoms with Gasteiger partial charge in [0.15, 0.2) is 0 Å². The summed E-state index contributed by atoms with van der Waals surface area (Å²) in [6.45, 7) is 1.85. The molecule has 0 bridgehead atoms. The third-order valence-corrected chi connectivity index (χ3v) is 3.76. The first-order valence-corrected chi connectivity index (χ1v) is 7.28. The number of nitrogens with one attached hydrogen (secondary N) is 1. The van der Waals surface area contributed by atoms with Crippen molar-refractivity contribution in [1.29, 1.82) is 0 Å². The molecule has 1 aromatic carbocycles. The Morgan fingerprint density at radius 2 is 2.00 bits per heavy atom. The predicted octanol–water partition coefficient (Wildman–Crippen LogP) is 4.02. The molecule has 0 radical (unpaired) electrons. The molecule has 0 spiro atoms. The van der Waals surface area contributed by atoms with Crippen molar-refractivity contribution in [2.45, 2.75) is 11.8 Å². The molecule has 1 N–H and O–H groups in total. The lowest BCUT2D eigenvalue weighted by atomic mass is 10.2. The van der Waals surface area contributed by atoms with E-state index in [-0.39, 0.29) is 5.91 Å². The van der Waals surface area contributed by atoms with E-state index >= 15 is 0 Å². The Bertz CT molecular complexity index is 599. The summed E-state index contributed by atoms with van der Waals surface area (Å²) in [6, 6.07) is 9.24. The van der Waals surface area contributed by atoms with Gasteiger partial charge in [-0.05, 0) is 49.1 Å². The van der Waals surface area contributed by atoms with Gasteiger partial charge in [0, 0.05) is 10.5 Å². The van der Waals surface area contributed by atoms with Crippen LogP contribution in [0.2, 0.25) is 5.15 Å². The van der Waals surface area contributed by atoms with E-state index in [2.05, 4.69) is 10.3 Å². The molecule has 2 aromatic rings. The number of halogens is 1. The van der Waals surface area contributed by atoms with Crippen LogP contribution in [0.4, 0.5) is 5.69 Å². The molecule has 0 atom stereocenters. The summed E-state index contributed by atoms with van der Waals surface area (Å²) in [5, 5.41) is 3.24. The molecule has 1 aromatic heterocycles. The summed E-state index contributed by atoms with van der Waals surface area (Å²) < 4.78 is 0. The fourth-order valence-corrected chi connectivity index (χ4v) is 2.08. The van der Waals surface area contributed by atoms with Crippen LogP contribution in [0.5, 0.6) is 0 Å². The van der Waals surface area contributed by atoms with Gasteiger partial charge in [0.1, 0.15) is 5.15 Å². The second-order valence-corrected chi connectivity index (χ2v) is 5.25. The van der Waals surface area contributed by atoms with Gasteiger partial charge in [-0.1, -0.05) is 11.6 Å². The smallest absolute Gasteiger partial charge is 0.255 e. The summed E-state index contributed by atoms with van der Waals surface area (Å²) in [5.41, 5.74) is 2.09. The molecule has 2 rings (SSSR count). The molecule has 0 saturated carbocycles. The standard InChI is InChI=1S/C14H13ClN2OS/c1-9-7-11(8-16-13(9)15)17-14(18)10-3-5-12(19-2)6-4-10/h3-8H,1-2H3,(H,17,18). The topological polar surface area (TPSA) is 42.0 Å². The van der Waals surface area contributed by atoms with E-state index in [4.69, 9.17) is 11.6 Å². The van der Waals surface area contributed by atoms with E-state index in [0.717, 1.165) is 10.5 Å². The van der Waals surface area contributed by atoms with Crippen LogP contribution in [0.15, 0.2) is 41.4 Å². The van der Waals surface area contributed by atoms with Gasteiger partial charge in [-0.2, -0.15) is 0 Å². The van der Waals surface area contributed by atoms with Gasteiger partial charge in [0.05, 0.1) is 11.9 Å². The highest BCUT2D eigenvalue weighted by Crippen LogP contribution is 2.18. The number of aromatic nitrogens is 1. The van der Waals surface area contributed by atoms with Crippen molar-refractivity contribution in [3.8, 4) is 0 Å². The molecule has 0 aliphatic rings. The van der Waals surface area contributed by atoms with Gasteiger partial charge in [-0.15, -0.1) is 11.8 Å². The normalized spacial score (nSPS) is 10.3. The molecule has 3 nitrogen and oxygen atoms in total. The lowest BCUT2D eigenvalue weighted by Gasteiger charge is -2.07. The highest BCUT2D eigenvalue weighted by atomic mass is 35.5. The minimum absolute atomic E-state index is 0.156. The fraction of sp³-hybridized carbons (Fsp3) is 0.143. The molecule has 0 fully saturated rings. The molecule has 0 unspecified atom stereocenters. The minimum Gasteiger partial charge on any atom is -0.321 e. The summed E-state index contributed by atoms with van der Waals surface area (Å²) >= 11 is 7.48. The Morgan fingerprint density at radius 3 is 2.58 bits per heavy atom. The molecule has 1 heterocycles. The summed E-state index contributed by atoms with van der Waals surface area (Å²) in [4.78, 5) is 17.2. The Balaban J connectivity index is 2.13. The Morgan fingerprint density at radius 1 is 1.32 bits per heavy atom. The Labute approximate surface area is 121 Å². The fourth-order valence-electron chi connectivity index (χ4n) is 1.57. The van der Waals surface area contributed by atoms with Crippen LogP contribution < -0.4 is 5.32 Å². The van der Waals surface area contributed by atoms with E-state index < -0.39 is 0 Å². The van der Waals surface area contributed by atoms with Gasteiger partial charge in [-0.3, -0.25) is 4.79 Å². The number of hydrogen-bond acceptors (Lipinski definition) is 3. The third kappa shape index (κ3) is 3.49. The molecular weight excluding hydrogens is 280 g/mol. The number of rotatable bonds is 3. The quantitative estimate of drug-likeness (QED) is 0.686. The average molecular weight is 293 g/mol. The van der Waals surface area contributed by atoms with Crippen molar-refractivity contribution < 1.29 is 4.79 Å². The number of aryl methyl sites for hydroxylation is 1. The summed E-state index contributed by atoms with van der Waals surface area (Å²) in [5.74, 6) is -0.156. The number of amides is 1. The largest absolute Gasteiger partial charge is 0.321 e. The maximum Gasteiger partial charge on any atom is 0.255 e. The summed E-state index contributed by atoms with van der Waals surface area (Å²) in [6.07, 6.45) is 3.54. The number of benzene rings is 1. The number of thioether (sulfide) groups is 1. The zero-order chi connectivity index (χ0) is 13.8. The van der Waals surface area contributed by atoms with Crippen LogP contribution >= 0.6 is 23.4 Å². The minimum atomic E-state index is -0.156. The number of hydrogen-bond donors (Lipinski definition) is 1. The van der Waals surface area contributed by atoms with Crippen LogP contribution in [0.25, 0.3) is 0 Å². The Hall–Kier alpha value is -1.52. The Kier molecular flexibility index (Phi) is 4.45. The van der Waals surface area contributed by atoms with Crippen LogP contribution in [0.3, 0.4) is 0 Å². The molecule has 98 valence electrons. The van der Waals surface area contributed by atoms with Crippen LogP contribution in [-0.4, -0.2) is 17.1 Å². The number of carbonyl (C=O) groups is 1.